The van der Waals surface area contributed by atoms with Crippen LogP contribution in [0.3, 0.4) is 0 Å². The van der Waals surface area contributed by atoms with Crippen LogP contribution in [-0.2, 0) is 42.8 Å². The van der Waals surface area contributed by atoms with Gasteiger partial charge >= 0.3 is 17.9 Å². The van der Waals surface area contributed by atoms with Crippen LogP contribution in [0.4, 0.5) is 0 Å². The fourth-order valence-electron chi connectivity index (χ4n) is 7.63. The summed E-state index contributed by atoms with van der Waals surface area (Å²) in [5.41, 5.74) is -1.47. The third kappa shape index (κ3) is 3.80. The van der Waals surface area contributed by atoms with Crippen LogP contribution < -0.4 is 0 Å². The number of carbonyl (C=O) groups is 3. The van der Waals surface area contributed by atoms with Crippen LogP contribution in [-0.4, -0.2) is 61.0 Å². The molecule has 4 aliphatic carbocycles. The Morgan fingerprint density at radius 3 is 2.23 bits per heavy atom. The molecule has 194 valence electrons. The maximum Gasteiger partial charge on any atom is 0.350 e. The zero-order chi connectivity index (χ0) is 24.8. The lowest BCUT2D eigenvalue weighted by Gasteiger charge is -2.55. The molecule has 0 spiro atoms. The molecule has 6 unspecified atom stereocenters. The molecule has 3 aliphatic heterocycles. The van der Waals surface area contributed by atoms with Crippen molar-refractivity contribution >= 4 is 17.9 Å². The zero-order valence-corrected chi connectivity index (χ0v) is 20.9. The smallest absolute Gasteiger partial charge is 0.350 e. The van der Waals surface area contributed by atoms with Crippen molar-refractivity contribution in [2.24, 2.45) is 28.6 Å². The van der Waals surface area contributed by atoms with E-state index in [9.17, 15) is 14.4 Å². The van der Waals surface area contributed by atoms with Gasteiger partial charge in [0.05, 0.1) is 10.8 Å². The Hall–Kier alpha value is -1.71. The van der Waals surface area contributed by atoms with Gasteiger partial charge in [0.1, 0.15) is 12.7 Å². The van der Waals surface area contributed by atoms with Crippen molar-refractivity contribution in [2.45, 2.75) is 109 Å². The van der Waals surface area contributed by atoms with Crippen molar-refractivity contribution < 1.29 is 42.8 Å². The monoisotopic (exact) mass is 492 g/mol. The first-order chi connectivity index (χ1) is 16.5. The first kappa shape index (κ1) is 23.7. The lowest BCUT2D eigenvalue weighted by Crippen LogP contribution is -2.51. The second-order valence-corrected chi connectivity index (χ2v) is 12.5. The van der Waals surface area contributed by atoms with Gasteiger partial charge in [-0.05, 0) is 83.5 Å². The summed E-state index contributed by atoms with van der Waals surface area (Å²) in [6, 6.07) is 0. The van der Waals surface area contributed by atoms with Crippen molar-refractivity contribution in [3.63, 3.8) is 0 Å². The van der Waals surface area contributed by atoms with E-state index in [4.69, 9.17) is 28.4 Å². The average molecular weight is 493 g/mol. The molecule has 0 aromatic carbocycles. The molecule has 0 radical (unpaired) electrons. The van der Waals surface area contributed by atoms with Gasteiger partial charge in [-0.25, -0.2) is 4.79 Å². The van der Waals surface area contributed by atoms with E-state index in [-0.39, 0.29) is 18.0 Å². The maximum absolute atomic E-state index is 13.3. The Labute approximate surface area is 205 Å². The molecule has 7 fully saturated rings. The summed E-state index contributed by atoms with van der Waals surface area (Å²) in [5.74, 6) is -0.407. The normalized spacial score (nSPS) is 46.0. The molecule has 0 aromatic heterocycles. The Kier molecular flexibility index (Phi) is 5.34. The molecule has 4 saturated carbocycles. The van der Waals surface area contributed by atoms with Crippen molar-refractivity contribution in [3.05, 3.63) is 0 Å². The van der Waals surface area contributed by atoms with E-state index in [1.807, 2.05) is 6.92 Å². The molecule has 7 rings (SSSR count). The third-order valence-electron chi connectivity index (χ3n) is 9.31. The highest BCUT2D eigenvalue weighted by Crippen LogP contribution is 2.60. The molecule has 0 aromatic rings. The van der Waals surface area contributed by atoms with Gasteiger partial charge in [-0.3, -0.25) is 9.59 Å². The van der Waals surface area contributed by atoms with E-state index in [1.165, 1.54) is 19.3 Å². The minimum Gasteiger partial charge on any atom is -0.464 e. The molecular weight excluding hydrogens is 456 g/mol. The predicted molar refractivity (Wildman–Crippen MR) is 118 cm³/mol. The van der Waals surface area contributed by atoms with Gasteiger partial charge in [-0.1, -0.05) is 6.92 Å². The lowest BCUT2D eigenvalue weighted by atomic mass is 9.49. The van der Waals surface area contributed by atoms with Crippen LogP contribution in [0.25, 0.3) is 0 Å². The van der Waals surface area contributed by atoms with E-state index in [0.717, 1.165) is 19.3 Å². The number of hydrogen-bond acceptors (Lipinski definition) is 9. The second kappa shape index (κ2) is 7.89. The molecule has 35 heavy (non-hydrogen) atoms. The quantitative estimate of drug-likeness (QED) is 0.409. The van der Waals surface area contributed by atoms with Crippen molar-refractivity contribution in [2.75, 3.05) is 6.61 Å². The van der Waals surface area contributed by atoms with Crippen LogP contribution in [0.1, 0.15) is 72.6 Å². The summed E-state index contributed by atoms with van der Waals surface area (Å²) in [7, 11) is 0. The maximum atomic E-state index is 13.3. The lowest BCUT2D eigenvalue weighted by molar-refractivity contribution is -0.218. The minimum absolute atomic E-state index is 0.0781. The fourth-order valence-corrected chi connectivity index (χ4v) is 7.63. The molecule has 4 bridgehead atoms. The number of carbonyl (C=O) groups excluding carboxylic acids is 3. The molecule has 9 nitrogen and oxygen atoms in total. The number of rotatable bonds is 6. The van der Waals surface area contributed by atoms with Crippen molar-refractivity contribution in [3.8, 4) is 0 Å². The topological polar surface area (TPSA) is 107 Å². The summed E-state index contributed by atoms with van der Waals surface area (Å²) in [6.07, 6.45) is 2.86. The van der Waals surface area contributed by atoms with Crippen LogP contribution in [0, 0.1) is 28.6 Å². The second-order valence-electron chi connectivity index (χ2n) is 12.5. The molecule has 0 amide bonds. The van der Waals surface area contributed by atoms with Gasteiger partial charge in [-0.2, -0.15) is 0 Å². The molecule has 3 heterocycles. The van der Waals surface area contributed by atoms with Gasteiger partial charge in [0.2, 0.25) is 6.10 Å². The summed E-state index contributed by atoms with van der Waals surface area (Å²) in [4.78, 5) is 39.1. The summed E-state index contributed by atoms with van der Waals surface area (Å²) >= 11 is 0. The summed E-state index contributed by atoms with van der Waals surface area (Å²) < 4.78 is 34.3. The Morgan fingerprint density at radius 1 is 1.00 bits per heavy atom. The summed E-state index contributed by atoms with van der Waals surface area (Å²) in [5, 5.41) is 0. The van der Waals surface area contributed by atoms with E-state index in [0.29, 0.717) is 24.2 Å². The largest absolute Gasteiger partial charge is 0.464 e. The van der Waals surface area contributed by atoms with E-state index < -0.39 is 53.8 Å². The number of ether oxygens (including phenoxy) is 6. The first-order valence-electron chi connectivity index (χ1n) is 13.1. The number of esters is 3. The van der Waals surface area contributed by atoms with Crippen LogP contribution >= 0.6 is 0 Å². The standard InChI is InChI=1S/C26H36O9/c1-5-25(4,12-30-23(29)26-9-13-6-14(10-26)8-15(7-13)11-26)22(28)33-18-16-17(31-20(18)27)19-21(32-16)35-24(2,3)34-19/h13-19,21H,5-12H2,1-4H3. The molecular formula is C26H36O9. The van der Waals surface area contributed by atoms with Gasteiger partial charge < -0.3 is 28.4 Å². The van der Waals surface area contributed by atoms with Gasteiger partial charge in [0.25, 0.3) is 0 Å². The Balaban J connectivity index is 1.09. The zero-order valence-electron chi connectivity index (χ0n) is 20.9. The molecule has 0 N–H and O–H groups in total. The number of fused-ring (bicyclic) bond motifs is 3. The highest BCUT2D eigenvalue weighted by molar-refractivity contribution is 5.85. The number of hydrogen-bond donors (Lipinski definition) is 0. The fraction of sp³-hybridized carbons (Fsp3) is 0.885. The van der Waals surface area contributed by atoms with E-state index in [1.54, 1.807) is 20.8 Å². The first-order valence-corrected chi connectivity index (χ1v) is 13.1. The van der Waals surface area contributed by atoms with Crippen molar-refractivity contribution in [1.82, 2.24) is 0 Å². The highest BCUT2D eigenvalue weighted by atomic mass is 16.9. The summed E-state index contributed by atoms with van der Waals surface area (Å²) in [6.45, 7) is 6.99. The van der Waals surface area contributed by atoms with Crippen LogP contribution in [0.15, 0.2) is 0 Å². The highest BCUT2D eigenvalue weighted by Gasteiger charge is 2.64. The average Bonchev–Trinajstić information content (AvgIpc) is 3.37. The van der Waals surface area contributed by atoms with Crippen LogP contribution in [0.5, 0.6) is 0 Å². The van der Waals surface area contributed by atoms with Crippen LogP contribution in [0.2, 0.25) is 0 Å². The minimum atomic E-state index is -1.21. The van der Waals surface area contributed by atoms with E-state index >= 15 is 0 Å². The molecule has 6 atom stereocenters. The molecule has 9 heteroatoms. The van der Waals surface area contributed by atoms with Gasteiger partial charge in [0.15, 0.2) is 24.3 Å². The van der Waals surface area contributed by atoms with Gasteiger partial charge in [0, 0.05) is 0 Å². The van der Waals surface area contributed by atoms with Gasteiger partial charge in [-0.15, -0.1) is 0 Å². The predicted octanol–water partition coefficient (Wildman–Crippen LogP) is 2.88. The molecule has 7 aliphatic rings. The van der Waals surface area contributed by atoms with E-state index in [2.05, 4.69) is 0 Å². The van der Waals surface area contributed by atoms with Crippen molar-refractivity contribution in [1.29, 1.82) is 0 Å². The molecule has 3 saturated heterocycles. The third-order valence-corrected chi connectivity index (χ3v) is 9.31. The SMILES string of the molecule is CCC(C)(COC(=O)C12CC3CC(CC(C3)C1)C2)C(=O)OC1C(=O)OC2C3OC(C)(C)OC3OC12. The Bertz CT molecular complexity index is 892. The Morgan fingerprint density at radius 2 is 1.63 bits per heavy atom.